The van der Waals surface area contributed by atoms with Crippen LogP contribution in [0.15, 0.2) is 89.8 Å². The maximum absolute atomic E-state index is 13.8. The summed E-state index contributed by atoms with van der Waals surface area (Å²) in [7, 11) is -11.9. The van der Waals surface area contributed by atoms with Crippen molar-refractivity contribution in [3.05, 3.63) is 96.1 Å². The second-order valence-corrected chi connectivity index (χ2v) is 14.1. The van der Waals surface area contributed by atoms with Crippen molar-refractivity contribution in [2.75, 3.05) is 7.11 Å². The summed E-state index contributed by atoms with van der Waals surface area (Å²) in [6, 6.07) is 22.7. The Morgan fingerprint density at radius 3 is 1.64 bits per heavy atom. The van der Waals surface area contributed by atoms with Crippen LogP contribution >= 0.6 is 0 Å². The molecule has 0 saturated heterocycles. The van der Waals surface area contributed by atoms with Crippen molar-refractivity contribution in [1.82, 2.24) is 0 Å². The summed E-state index contributed by atoms with van der Waals surface area (Å²) in [4.78, 5) is 11.7. The van der Waals surface area contributed by atoms with Crippen LogP contribution in [0, 0.1) is 0 Å². The fraction of sp³-hybridized carbons (Fsp3) is 0.240. The van der Waals surface area contributed by atoms with Crippen molar-refractivity contribution < 1.29 is 62.0 Å². The minimum absolute atomic E-state index is 0.0882. The van der Waals surface area contributed by atoms with E-state index in [1.165, 1.54) is 24.3 Å². The first kappa shape index (κ1) is 34.9. The lowest BCUT2D eigenvalue weighted by Gasteiger charge is -2.21. The van der Waals surface area contributed by atoms with E-state index in [1.54, 1.807) is 60.7 Å². The van der Waals surface area contributed by atoms with Gasteiger partial charge in [0, 0.05) is 22.9 Å². The van der Waals surface area contributed by atoms with Gasteiger partial charge in [-0.1, -0.05) is 60.7 Å². The van der Waals surface area contributed by atoms with Gasteiger partial charge >= 0.3 is 17.2 Å². The summed E-state index contributed by atoms with van der Waals surface area (Å²) in [5.41, 5.74) is -9.87. The van der Waals surface area contributed by atoms with E-state index < -0.39 is 52.6 Å². The number of carbonyl (C=O) groups is 1. The van der Waals surface area contributed by atoms with Crippen LogP contribution in [0.25, 0.3) is 0 Å². The molecule has 0 saturated carbocycles. The van der Waals surface area contributed by atoms with Crippen molar-refractivity contribution >= 4 is 37.0 Å². The molecule has 0 aliphatic rings. The zero-order valence-corrected chi connectivity index (χ0v) is 23.8. The van der Waals surface area contributed by atoms with Crippen molar-refractivity contribution in [3.63, 3.8) is 0 Å². The number of hydrogen-bond donors (Lipinski definition) is 0. The summed E-state index contributed by atoms with van der Waals surface area (Å²) in [5, 5.41) is 0. The highest BCUT2D eigenvalue weighted by molar-refractivity contribution is 8.11. The number of hydrogen-bond acceptors (Lipinski definition) is 8. The molecule has 2 atom stereocenters. The average molecular weight is 661 g/mol. The van der Waals surface area contributed by atoms with Crippen LogP contribution in [0.1, 0.15) is 11.1 Å². The molecule has 3 aromatic carbocycles. The van der Waals surface area contributed by atoms with Crippen LogP contribution in [0.3, 0.4) is 0 Å². The van der Waals surface area contributed by atoms with Gasteiger partial charge in [0.25, 0.3) is 9.84 Å². The highest BCUT2D eigenvalue weighted by Gasteiger charge is 2.58. The monoisotopic (exact) mass is 660 g/mol. The van der Waals surface area contributed by atoms with E-state index in [9.17, 15) is 39.6 Å². The topological polar surface area (TPSA) is 127 Å². The van der Waals surface area contributed by atoms with E-state index >= 15 is 0 Å². The fourth-order valence-corrected chi connectivity index (χ4v) is 8.11. The van der Waals surface area contributed by atoms with Crippen molar-refractivity contribution in [3.8, 4) is 5.75 Å². The Labute approximate surface area is 240 Å². The quantitative estimate of drug-likeness (QED) is 0.0768. The molecule has 0 bridgehead atoms. The molecule has 0 fully saturated rings. The molecule has 230 valence electrons. The van der Waals surface area contributed by atoms with Crippen LogP contribution in [0.4, 0.5) is 31.1 Å². The summed E-state index contributed by atoms with van der Waals surface area (Å²) in [5.74, 6) is 0.211. The number of ether oxygens (including phenoxy) is 2. The summed E-state index contributed by atoms with van der Waals surface area (Å²) >= 11 is 0. The summed E-state index contributed by atoms with van der Waals surface area (Å²) in [6.45, 7) is 0. The Bertz CT molecular complexity index is 1510. The minimum Gasteiger partial charge on any atom is -0.741 e. The maximum Gasteiger partial charge on any atom is 0.513 e. The first-order valence-electron chi connectivity index (χ1n) is 11.3. The van der Waals surface area contributed by atoms with E-state index in [1.807, 2.05) is 0 Å². The molecule has 0 spiro atoms. The lowest BCUT2D eigenvalue weighted by molar-refractivity contribution is -0.0518. The number of benzene rings is 3. The number of rotatable bonds is 8. The standard InChI is InChI=1S/C24H22F3O5S2.CHF3O3S/c1-31-23(28)32-20-12-14-21(15-13-20)33(17-19-10-6-3-7-11-19)22(34(29,30)24(25,26)27)16-18-8-4-2-5-9-18;2-1(3,4)8(5,6)7/h2-15,22H,16-17H2,1H3;(H,5,6,7)/q+1;/p-1. The smallest absolute Gasteiger partial charge is 0.513 e. The number of carbonyl (C=O) groups excluding carboxylic acids is 1. The van der Waals surface area contributed by atoms with E-state index in [0.717, 1.165) is 7.11 Å². The molecule has 0 N–H and O–H groups in total. The number of halogens is 6. The van der Waals surface area contributed by atoms with Gasteiger partial charge in [0.1, 0.15) is 11.5 Å². The predicted octanol–water partition coefficient (Wildman–Crippen LogP) is 5.56. The van der Waals surface area contributed by atoms with Crippen LogP contribution in [-0.2, 0) is 47.8 Å². The van der Waals surface area contributed by atoms with Gasteiger partial charge in [0.05, 0.1) is 7.11 Å². The Hall–Kier alpha value is -3.28. The third-order valence-corrected chi connectivity index (χ3v) is 11.0. The maximum atomic E-state index is 13.8. The summed E-state index contributed by atoms with van der Waals surface area (Å²) in [6.07, 6.45) is -1.25. The van der Waals surface area contributed by atoms with E-state index in [0.29, 0.717) is 16.0 Å². The molecule has 0 aliphatic carbocycles. The zero-order valence-electron chi connectivity index (χ0n) is 21.3. The van der Waals surface area contributed by atoms with Crippen LogP contribution in [-0.4, -0.2) is 50.3 Å². The Kier molecular flexibility index (Phi) is 11.9. The number of sulfone groups is 1. The van der Waals surface area contributed by atoms with E-state index in [4.69, 9.17) is 17.7 Å². The molecule has 2 unspecified atom stereocenters. The lowest BCUT2D eigenvalue weighted by Crippen LogP contribution is -2.41. The number of alkyl halides is 6. The molecule has 42 heavy (non-hydrogen) atoms. The lowest BCUT2D eigenvalue weighted by atomic mass is 10.2. The third kappa shape index (κ3) is 9.92. The second-order valence-electron chi connectivity index (χ2n) is 8.10. The normalized spacial score (nSPS) is 13.7. The van der Waals surface area contributed by atoms with Crippen LogP contribution in [0.2, 0.25) is 0 Å². The van der Waals surface area contributed by atoms with Gasteiger partial charge in [-0.05, 0) is 29.8 Å². The van der Waals surface area contributed by atoms with Crippen molar-refractivity contribution in [2.24, 2.45) is 0 Å². The molecule has 0 aromatic heterocycles. The Balaban J connectivity index is 0.000000675. The molecule has 3 rings (SSSR count). The minimum atomic E-state index is -6.09. The molecule has 3 aromatic rings. The van der Waals surface area contributed by atoms with Gasteiger partial charge in [-0.25, -0.2) is 21.6 Å². The molecule has 0 amide bonds. The van der Waals surface area contributed by atoms with Gasteiger partial charge in [0.15, 0.2) is 15.0 Å². The number of methoxy groups -OCH3 is 1. The average Bonchev–Trinajstić information content (AvgIpc) is 2.91. The third-order valence-electron chi connectivity index (χ3n) is 5.17. The van der Waals surface area contributed by atoms with Gasteiger partial charge in [-0.2, -0.15) is 26.3 Å². The SMILES string of the molecule is COC(=O)Oc1ccc([S+](Cc2ccccc2)C(Cc2ccccc2)S(=O)(=O)C(F)(F)F)cc1.O=S(=O)([O-])C(F)(F)F. The highest BCUT2D eigenvalue weighted by atomic mass is 32.3. The molecule has 0 heterocycles. The van der Waals surface area contributed by atoms with Crippen molar-refractivity contribution in [2.45, 2.75) is 32.7 Å². The zero-order chi connectivity index (χ0) is 31.8. The van der Waals surface area contributed by atoms with Gasteiger partial charge in [0.2, 0.25) is 4.58 Å². The van der Waals surface area contributed by atoms with Gasteiger partial charge < -0.3 is 14.0 Å². The Morgan fingerprint density at radius 1 is 0.786 bits per heavy atom. The molecular weight excluding hydrogens is 638 g/mol. The first-order valence-corrected chi connectivity index (χ1v) is 15.7. The molecule has 0 radical (unpaired) electrons. The largest absolute Gasteiger partial charge is 0.741 e. The molecule has 17 heteroatoms. The first-order chi connectivity index (χ1) is 19.4. The molecular formula is C25H22F6O8S3. The Morgan fingerprint density at radius 2 is 1.24 bits per heavy atom. The fourth-order valence-electron chi connectivity index (χ4n) is 3.22. The van der Waals surface area contributed by atoms with Gasteiger partial charge in [-0.3, -0.25) is 0 Å². The highest BCUT2D eigenvalue weighted by Crippen LogP contribution is 2.37. The predicted molar refractivity (Wildman–Crippen MR) is 140 cm³/mol. The van der Waals surface area contributed by atoms with Crippen molar-refractivity contribution in [1.29, 1.82) is 0 Å². The van der Waals surface area contributed by atoms with E-state index in [-0.39, 0.29) is 17.9 Å². The van der Waals surface area contributed by atoms with Gasteiger partial charge in [-0.15, -0.1) is 0 Å². The summed E-state index contributed by atoms with van der Waals surface area (Å²) < 4.78 is 134. The van der Waals surface area contributed by atoms with E-state index in [2.05, 4.69) is 4.74 Å². The molecule has 0 aliphatic heterocycles. The van der Waals surface area contributed by atoms with Crippen LogP contribution in [0.5, 0.6) is 5.75 Å². The second kappa shape index (κ2) is 14.3. The molecule has 8 nitrogen and oxygen atoms in total. The van der Waals surface area contributed by atoms with Crippen LogP contribution < -0.4 is 4.74 Å².